The molecule has 0 fully saturated rings. The van der Waals surface area contributed by atoms with E-state index in [-0.39, 0.29) is 0 Å². The highest BCUT2D eigenvalue weighted by Crippen LogP contribution is 2.51. The lowest BCUT2D eigenvalue weighted by Gasteiger charge is -2.17. The molecule has 0 radical (unpaired) electrons. The number of fused-ring (bicyclic) bond motifs is 21. The van der Waals surface area contributed by atoms with Crippen LogP contribution in [0, 0.1) is 0 Å². The average Bonchev–Trinajstić information content (AvgIpc) is 1.52. The van der Waals surface area contributed by atoms with Crippen molar-refractivity contribution in [2.45, 2.75) is 0 Å². The third-order valence-corrected chi connectivity index (χ3v) is 18.8. The maximum atomic E-state index is 5.75. The second kappa shape index (κ2) is 18.6. The third-order valence-electron chi connectivity index (χ3n) is 18.8. The van der Waals surface area contributed by atoms with Gasteiger partial charge in [-0.05, 0) is 97.1 Å². The van der Waals surface area contributed by atoms with E-state index in [1.807, 2.05) is 0 Å². The van der Waals surface area contributed by atoms with Crippen molar-refractivity contribution in [3.05, 3.63) is 297 Å². The largest absolute Gasteiger partial charge is 0.309 e. The summed E-state index contributed by atoms with van der Waals surface area (Å²) in [6.07, 6.45) is 0. The Morgan fingerprint density at radius 2 is 0.433 bits per heavy atom. The van der Waals surface area contributed by atoms with Crippen molar-refractivity contribution >= 4 is 131 Å². The number of benzene rings is 13. The minimum atomic E-state index is 0.515. The highest BCUT2D eigenvalue weighted by molar-refractivity contribution is 6.40. The summed E-state index contributed by atoms with van der Waals surface area (Å²) in [5.41, 5.74) is 17.9. The molecule has 0 aliphatic heterocycles. The molecule has 7 aromatic heterocycles. The van der Waals surface area contributed by atoms with Crippen molar-refractivity contribution in [1.82, 2.24) is 42.4 Å². The van der Waals surface area contributed by atoms with Crippen LogP contribution in [0.3, 0.4) is 0 Å². The van der Waals surface area contributed by atoms with Crippen LogP contribution in [0.5, 0.6) is 0 Å². The Hall–Kier alpha value is -12.3. The molecular weight excluding hydrogens is 1100 g/mol. The molecule has 7 heterocycles. The fourth-order valence-electron chi connectivity index (χ4n) is 15.2. The molecule has 0 spiro atoms. The van der Waals surface area contributed by atoms with Gasteiger partial charge in [-0.1, -0.05) is 200 Å². The number of hydrogen-bond acceptors (Lipinski definition) is 3. The van der Waals surface area contributed by atoms with Crippen LogP contribution in [0.2, 0.25) is 0 Å². The van der Waals surface area contributed by atoms with E-state index in [2.05, 4.69) is 325 Å². The molecule has 13 aromatic carbocycles. The second-order valence-electron chi connectivity index (χ2n) is 23.5. The fraction of sp³-hybridized carbons (Fsp3) is 0. The molecule has 0 amide bonds. The zero-order valence-corrected chi connectivity index (χ0v) is 48.3. The Bertz CT molecular complexity index is 6050. The van der Waals surface area contributed by atoms with Crippen molar-refractivity contribution in [2.24, 2.45) is 0 Å². The van der Waals surface area contributed by atoms with Gasteiger partial charge in [0.2, 0.25) is 11.9 Å². The molecule has 418 valence electrons. The van der Waals surface area contributed by atoms with Crippen LogP contribution in [0.25, 0.3) is 177 Å². The highest BCUT2D eigenvalue weighted by Gasteiger charge is 2.30. The molecule has 0 N–H and O–H groups in total. The minimum Gasteiger partial charge on any atom is -0.309 e. The first-order valence-corrected chi connectivity index (χ1v) is 30.6. The molecule has 0 saturated carbocycles. The van der Waals surface area contributed by atoms with Crippen molar-refractivity contribution in [2.75, 3.05) is 0 Å². The molecule has 0 bridgehead atoms. The van der Waals surface area contributed by atoms with Gasteiger partial charge in [0.15, 0.2) is 5.82 Å². The lowest BCUT2D eigenvalue weighted by atomic mass is 10.0. The van der Waals surface area contributed by atoms with E-state index in [4.69, 9.17) is 15.0 Å². The number of rotatable bonds is 7. The Morgan fingerprint density at radius 1 is 0.189 bits per heavy atom. The van der Waals surface area contributed by atoms with Crippen LogP contribution >= 0.6 is 0 Å². The molecule has 0 aliphatic carbocycles. The van der Waals surface area contributed by atoms with Gasteiger partial charge in [-0.2, -0.15) is 15.0 Å². The van der Waals surface area contributed by atoms with Crippen molar-refractivity contribution in [3.63, 3.8) is 0 Å². The predicted octanol–water partition coefficient (Wildman–Crippen LogP) is 20.1. The van der Waals surface area contributed by atoms with Gasteiger partial charge in [0.05, 0.1) is 66.2 Å². The molecule has 0 aliphatic rings. The van der Waals surface area contributed by atoms with Crippen LogP contribution in [0.1, 0.15) is 0 Å². The van der Waals surface area contributed by atoms with Crippen LogP contribution in [0.15, 0.2) is 297 Å². The van der Waals surface area contributed by atoms with Gasteiger partial charge in [-0.3, -0.25) is 9.13 Å². The first-order valence-electron chi connectivity index (χ1n) is 30.6. The summed E-state index contributed by atoms with van der Waals surface area (Å²) in [6, 6.07) is 108. The molecule has 0 atom stereocenters. The molecule has 0 unspecified atom stereocenters. The predicted molar refractivity (Wildman–Crippen MR) is 371 cm³/mol. The molecule has 20 rings (SSSR count). The summed E-state index contributed by atoms with van der Waals surface area (Å²) in [5, 5.41) is 13.8. The van der Waals surface area contributed by atoms with E-state index in [0.29, 0.717) is 17.7 Å². The van der Waals surface area contributed by atoms with Gasteiger partial charge in [0.1, 0.15) is 0 Å². The van der Waals surface area contributed by atoms with Gasteiger partial charge >= 0.3 is 0 Å². The summed E-state index contributed by atoms with van der Waals surface area (Å²) in [4.78, 5) is 17.1. The second-order valence-corrected chi connectivity index (χ2v) is 23.5. The van der Waals surface area contributed by atoms with Crippen LogP contribution in [-0.2, 0) is 0 Å². The molecule has 0 saturated heterocycles. The van der Waals surface area contributed by atoms with E-state index < -0.39 is 0 Å². The first kappa shape index (κ1) is 48.9. The van der Waals surface area contributed by atoms with Gasteiger partial charge < -0.3 is 18.3 Å². The molecule has 9 nitrogen and oxygen atoms in total. The molecular formula is C81H49N9. The van der Waals surface area contributed by atoms with E-state index in [0.717, 1.165) is 138 Å². The zero-order valence-electron chi connectivity index (χ0n) is 48.3. The van der Waals surface area contributed by atoms with Crippen LogP contribution in [0.4, 0.5) is 0 Å². The van der Waals surface area contributed by atoms with E-state index in [9.17, 15) is 0 Å². The summed E-state index contributed by atoms with van der Waals surface area (Å²) in [6.45, 7) is 0. The fourth-order valence-corrected chi connectivity index (χ4v) is 15.2. The number of hydrogen-bond donors (Lipinski definition) is 0. The van der Waals surface area contributed by atoms with Crippen molar-refractivity contribution in [1.29, 1.82) is 0 Å². The van der Waals surface area contributed by atoms with Gasteiger partial charge in [0.25, 0.3) is 0 Å². The third kappa shape index (κ3) is 6.71. The van der Waals surface area contributed by atoms with E-state index in [1.165, 1.54) is 21.5 Å². The Kier molecular flexibility index (Phi) is 10.1. The van der Waals surface area contributed by atoms with Crippen molar-refractivity contribution in [3.8, 4) is 46.0 Å². The lowest BCUT2D eigenvalue weighted by molar-refractivity contribution is 0.892. The van der Waals surface area contributed by atoms with E-state index >= 15 is 0 Å². The summed E-state index contributed by atoms with van der Waals surface area (Å²) in [7, 11) is 0. The summed E-state index contributed by atoms with van der Waals surface area (Å²) in [5.74, 6) is 1.56. The average molecular weight is 1150 g/mol. The molecule has 9 heteroatoms. The smallest absolute Gasteiger partial charge is 0.240 e. The maximum absolute atomic E-state index is 5.75. The number of aromatic nitrogens is 9. The van der Waals surface area contributed by atoms with E-state index in [1.54, 1.807) is 0 Å². The highest BCUT2D eigenvalue weighted by atomic mass is 15.3. The van der Waals surface area contributed by atoms with Gasteiger partial charge in [0, 0.05) is 92.9 Å². The number of nitrogens with zero attached hydrogens (tertiary/aromatic N) is 9. The quantitative estimate of drug-likeness (QED) is 0.160. The summed E-state index contributed by atoms with van der Waals surface area (Å²) >= 11 is 0. The minimum absolute atomic E-state index is 0.515. The molecule has 90 heavy (non-hydrogen) atoms. The monoisotopic (exact) mass is 1150 g/mol. The molecule has 20 aromatic rings. The SMILES string of the molecule is c1ccc(-n2c3ccccc3c3c2c2c4ccccc4n(-c4cc(-c5nc(-n6c7ccccc7c7ccccc76)nc(-n6c7ccccc7c7ccccc76)n5)cc(-n5c6ccccc6c6ccccc65)c4)c2c2c4ccccc4n(-c4ccccc4)c32)cc1. The Labute approximate surface area is 513 Å². The Morgan fingerprint density at radius 3 is 0.756 bits per heavy atom. The van der Waals surface area contributed by atoms with Crippen LogP contribution < -0.4 is 0 Å². The van der Waals surface area contributed by atoms with Gasteiger partial charge in [-0.25, -0.2) is 0 Å². The first-order chi connectivity index (χ1) is 44.7. The van der Waals surface area contributed by atoms with Crippen LogP contribution in [-0.4, -0.2) is 42.4 Å². The van der Waals surface area contributed by atoms with Crippen molar-refractivity contribution < 1.29 is 0 Å². The topological polar surface area (TPSA) is 68.2 Å². The number of para-hydroxylation sites is 11. The standard InChI is InChI=1S/C81H49N9/c1-3-25-51(26-4-1)86-70-44-22-13-35-61(70)73-76-74(62-36-14-23-45-71(62)87(76)52-27-5-2-6-28-52)78-75(77(73)86)63-37-15-24-46-72(63)88(78)54-48-50(47-53(49-54)85-64-38-16-7-29-55(64)56-30-8-17-39-65(56)85)79-82-80(89-66-40-18-9-31-57(66)58-32-10-19-41-67(58)89)84-81(83-79)90-68-42-20-11-33-59(68)60-34-12-21-43-69(60)90/h1-49H. The Balaban J connectivity index is 0.988. The lowest BCUT2D eigenvalue weighted by Crippen LogP contribution is -2.10. The van der Waals surface area contributed by atoms with Gasteiger partial charge in [-0.15, -0.1) is 0 Å². The maximum Gasteiger partial charge on any atom is 0.240 e. The summed E-state index contributed by atoms with van der Waals surface area (Å²) < 4.78 is 14.4. The normalized spacial score (nSPS) is 12.2. The zero-order chi connectivity index (χ0) is 58.7.